The zero-order valence-corrected chi connectivity index (χ0v) is 17.3. The molecule has 1 atom stereocenters. The second kappa shape index (κ2) is 9.71. The lowest BCUT2D eigenvalue weighted by molar-refractivity contribution is -0.112. The monoisotopic (exact) mass is 395 g/mol. The van der Waals surface area contributed by atoms with E-state index in [-0.39, 0.29) is 11.6 Å². The number of nitrogens with one attached hydrogen (secondary N) is 1. The molecule has 2 aromatic rings. The van der Waals surface area contributed by atoms with Gasteiger partial charge in [0.2, 0.25) is 0 Å². The van der Waals surface area contributed by atoms with E-state index in [9.17, 15) is 14.9 Å². The molecule has 152 valence electrons. The third-order valence-corrected chi connectivity index (χ3v) is 4.60. The van der Waals surface area contributed by atoms with Gasteiger partial charge in [0.15, 0.2) is 0 Å². The summed E-state index contributed by atoms with van der Waals surface area (Å²) in [6, 6.07) is 10.3. The standard InChI is InChI=1S/C22H25N3O4/c1-14-10-18(16(3)25(14)15(2)13-28-4)11-19(12-23)21(26)24-20-8-6-17(7-9-20)22(27)29-5/h6-11,15H,13H2,1-5H3,(H,24,26)/b19-11+. The number of aryl methyl sites for hydroxylation is 1. The lowest BCUT2D eigenvalue weighted by Crippen LogP contribution is -2.14. The number of ether oxygens (including phenoxy) is 2. The van der Waals surface area contributed by atoms with Gasteiger partial charge in [-0.25, -0.2) is 4.79 Å². The highest BCUT2D eigenvalue weighted by Gasteiger charge is 2.16. The first-order valence-electron chi connectivity index (χ1n) is 9.11. The highest BCUT2D eigenvalue weighted by Crippen LogP contribution is 2.23. The predicted molar refractivity (Wildman–Crippen MR) is 110 cm³/mol. The molecule has 1 amide bonds. The molecule has 0 bridgehead atoms. The van der Waals surface area contributed by atoms with E-state index in [1.54, 1.807) is 37.5 Å². The van der Waals surface area contributed by atoms with Crippen molar-refractivity contribution in [2.75, 3.05) is 26.1 Å². The van der Waals surface area contributed by atoms with Gasteiger partial charge in [-0.05, 0) is 62.7 Å². The molecule has 29 heavy (non-hydrogen) atoms. The molecule has 0 aliphatic carbocycles. The van der Waals surface area contributed by atoms with Crippen molar-refractivity contribution < 1.29 is 19.1 Å². The number of nitrogens with zero attached hydrogens (tertiary/aromatic N) is 2. The van der Waals surface area contributed by atoms with E-state index in [4.69, 9.17) is 4.74 Å². The number of rotatable bonds is 7. The second-order valence-corrected chi connectivity index (χ2v) is 6.69. The first-order chi connectivity index (χ1) is 13.8. The minimum absolute atomic E-state index is 0.0123. The number of methoxy groups -OCH3 is 2. The third kappa shape index (κ3) is 5.12. The van der Waals surface area contributed by atoms with Crippen LogP contribution in [0.15, 0.2) is 35.9 Å². The van der Waals surface area contributed by atoms with E-state index in [1.165, 1.54) is 7.11 Å². The van der Waals surface area contributed by atoms with Crippen LogP contribution >= 0.6 is 0 Å². The van der Waals surface area contributed by atoms with Crippen LogP contribution in [-0.2, 0) is 14.3 Å². The molecule has 0 saturated carbocycles. The Hall–Kier alpha value is -3.37. The summed E-state index contributed by atoms with van der Waals surface area (Å²) in [7, 11) is 2.95. The number of anilines is 1. The van der Waals surface area contributed by atoms with Crippen molar-refractivity contribution >= 4 is 23.6 Å². The van der Waals surface area contributed by atoms with Crippen LogP contribution in [0.1, 0.15) is 40.3 Å². The fraction of sp³-hybridized carbons (Fsp3) is 0.318. The Labute approximate surface area is 170 Å². The van der Waals surface area contributed by atoms with Gasteiger partial charge in [0, 0.05) is 24.2 Å². The zero-order chi connectivity index (χ0) is 21.6. The van der Waals surface area contributed by atoms with Gasteiger partial charge in [-0.3, -0.25) is 4.79 Å². The van der Waals surface area contributed by atoms with Crippen LogP contribution in [0.3, 0.4) is 0 Å². The molecule has 0 aliphatic rings. The summed E-state index contributed by atoms with van der Waals surface area (Å²) in [4.78, 5) is 24.0. The summed E-state index contributed by atoms with van der Waals surface area (Å²) in [5.74, 6) is -0.980. The normalized spacial score (nSPS) is 12.2. The maximum absolute atomic E-state index is 12.5. The highest BCUT2D eigenvalue weighted by molar-refractivity contribution is 6.09. The van der Waals surface area contributed by atoms with Crippen LogP contribution in [0.5, 0.6) is 0 Å². The van der Waals surface area contributed by atoms with E-state index in [0.29, 0.717) is 17.9 Å². The van der Waals surface area contributed by atoms with Crippen molar-refractivity contribution in [3.63, 3.8) is 0 Å². The van der Waals surface area contributed by atoms with Gasteiger partial charge in [0.05, 0.1) is 25.3 Å². The number of carbonyl (C=O) groups is 2. The van der Waals surface area contributed by atoms with Gasteiger partial charge in [0.25, 0.3) is 5.91 Å². The average molecular weight is 395 g/mol. The summed E-state index contributed by atoms with van der Waals surface area (Å²) in [5, 5.41) is 12.2. The van der Waals surface area contributed by atoms with E-state index in [0.717, 1.165) is 17.0 Å². The molecule has 7 heteroatoms. The van der Waals surface area contributed by atoms with Gasteiger partial charge >= 0.3 is 5.97 Å². The molecule has 0 fully saturated rings. The lowest BCUT2D eigenvalue weighted by atomic mass is 10.1. The van der Waals surface area contributed by atoms with Crippen molar-refractivity contribution in [3.8, 4) is 6.07 Å². The van der Waals surface area contributed by atoms with Crippen LogP contribution in [-0.4, -0.2) is 37.3 Å². The predicted octanol–water partition coefficient (Wildman–Crippen LogP) is 3.64. The maximum Gasteiger partial charge on any atom is 0.337 e. The summed E-state index contributed by atoms with van der Waals surface area (Å²) in [6.45, 7) is 6.54. The fourth-order valence-corrected chi connectivity index (χ4v) is 3.25. The molecule has 7 nitrogen and oxygen atoms in total. The summed E-state index contributed by atoms with van der Waals surface area (Å²) in [6.07, 6.45) is 1.58. The number of esters is 1. The van der Waals surface area contributed by atoms with Crippen LogP contribution in [0.2, 0.25) is 0 Å². The molecule has 1 N–H and O–H groups in total. The fourth-order valence-electron chi connectivity index (χ4n) is 3.25. The Kier molecular flexibility index (Phi) is 7.34. The molecule has 1 heterocycles. The summed E-state index contributed by atoms with van der Waals surface area (Å²) >= 11 is 0. The van der Waals surface area contributed by atoms with E-state index in [1.807, 2.05) is 32.9 Å². The molecular formula is C22H25N3O4. The second-order valence-electron chi connectivity index (χ2n) is 6.69. The molecular weight excluding hydrogens is 370 g/mol. The lowest BCUT2D eigenvalue weighted by Gasteiger charge is -2.17. The molecule has 0 spiro atoms. The molecule has 2 rings (SSSR count). The Morgan fingerprint density at radius 1 is 1.24 bits per heavy atom. The Morgan fingerprint density at radius 3 is 2.45 bits per heavy atom. The molecule has 1 aromatic carbocycles. The van der Waals surface area contributed by atoms with Crippen molar-refractivity contribution in [2.24, 2.45) is 0 Å². The molecule has 0 radical (unpaired) electrons. The van der Waals surface area contributed by atoms with Crippen molar-refractivity contribution in [1.82, 2.24) is 4.57 Å². The van der Waals surface area contributed by atoms with E-state index in [2.05, 4.69) is 14.6 Å². The van der Waals surface area contributed by atoms with Crippen LogP contribution in [0, 0.1) is 25.2 Å². The van der Waals surface area contributed by atoms with Gasteiger partial charge < -0.3 is 19.4 Å². The number of hydrogen-bond acceptors (Lipinski definition) is 5. The van der Waals surface area contributed by atoms with Crippen LogP contribution < -0.4 is 5.32 Å². The number of amides is 1. The molecule has 1 unspecified atom stereocenters. The van der Waals surface area contributed by atoms with Gasteiger partial charge in [0.1, 0.15) is 11.6 Å². The first-order valence-corrected chi connectivity index (χ1v) is 9.11. The summed E-state index contributed by atoms with van der Waals surface area (Å²) < 4.78 is 12.0. The maximum atomic E-state index is 12.5. The van der Waals surface area contributed by atoms with Gasteiger partial charge in [-0.1, -0.05) is 0 Å². The van der Waals surface area contributed by atoms with Crippen LogP contribution in [0.4, 0.5) is 5.69 Å². The van der Waals surface area contributed by atoms with Gasteiger partial charge in [-0.2, -0.15) is 5.26 Å². The van der Waals surface area contributed by atoms with Crippen molar-refractivity contribution in [2.45, 2.75) is 26.8 Å². The smallest absolute Gasteiger partial charge is 0.337 e. The van der Waals surface area contributed by atoms with Crippen molar-refractivity contribution in [1.29, 1.82) is 5.26 Å². The summed E-state index contributed by atoms with van der Waals surface area (Å²) in [5.41, 5.74) is 3.62. The minimum Gasteiger partial charge on any atom is -0.465 e. The number of benzene rings is 1. The van der Waals surface area contributed by atoms with E-state index >= 15 is 0 Å². The molecule has 0 saturated heterocycles. The number of aromatic nitrogens is 1. The number of nitriles is 1. The Morgan fingerprint density at radius 2 is 1.90 bits per heavy atom. The Balaban J connectivity index is 2.24. The molecule has 0 aliphatic heterocycles. The largest absolute Gasteiger partial charge is 0.465 e. The minimum atomic E-state index is -0.520. The number of carbonyl (C=O) groups excluding carboxylic acids is 2. The zero-order valence-electron chi connectivity index (χ0n) is 17.3. The first kappa shape index (κ1) is 21.9. The highest BCUT2D eigenvalue weighted by atomic mass is 16.5. The average Bonchev–Trinajstić information content (AvgIpc) is 2.99. The third-order valence-electron chi connectivity index (χ3n) is 4.60. The Bertz CT molecular complexity index is 965. The van der Waals surface area contributed by atoms with Crippen molar-refractivity contribution in [3.05, 3.63) is 58.4 Å². The van der Waals surface area contributed by atoms with Gasteiger partial charge in [-0.15, -0.1) is 0 Å². The topological polar surface area (TPSA) is 93.4 Å². The molecule has 1 aromatic heterocycles. The van der Waals surface area contributed by atoms with Crippen LogP contribution in [0.25, 0.3) is 6.08 Å². The SMILES string of the molecule is COCC(C)n1c(C)cc(/C=C(\C#N)C(=O)Nc2ccc(C(=O)OC)cc2)c1C. The number of hydrogen-bond donors (Lipinski definition) is 1. The van der Waals surface area contributed by atoms with E-state index < -0.39 is 11.9 Å². The quantitative estimate of drug-likeness (QED) is 0.439.